The van der Waals surface area contributed by atoms with Crippen LogP contribution in [-0.2, 0) is 16.4 Å². The van der Waals surface area contributed by atoms with Gasteiger partial charge in [-0.3, -0.25) is 4.31 Å². The lowest BCUT2D eigenvalue weighted by molar-refractivity contribution is 0.249. The molecule has 2 N–H and O–H groups in total. The molecule has 0 unspecified atom stereocenters. The molecule has 4 aromatic rings. The predicted molar refractivity (Wildman–Crippen MR) is 184 cm³/mol. The van der Waals surface area contributed by atoms with E-state index < -0.39 is 10.0 Å². The summed E-state index contributed by atoms with van der Waals surface area (Å²) in [6, 6.07) is 14.5. The summed E-state index contributed by atoms with van der Waals surface area (Å²) in [6.07, 6.45) is 3.87. The van der Waals surface area contributed by atoms with Gasteiger partial charge in [-0.05, 0) is 69.9 Å². The first kappa shape index (κ1) is 31.8. The zero-order valence-corrected chi connectivity index (χ0v) is 28.2. The number of sulfonamides is 1. The highest BCUT2D eigenvalue weighted by atomic mass is 32.2. The number of benzene rings is 2. The van der Waals surface area contributed by atoms with Gasteiger partial charge in [-0.15, -0.1) is 11.3 Å². The highest BCUT2D eigenvalue weighted by molar-refractivity contribution is 7.92. The Morgan fingerprint density at radius 1 is 1.07 bits per heavy atom. The van der Waals surface area contributed by atoms with Crippen molar-refractivity contribution >= 4 is 60.3 Å². The highest BCUT2D eigenvalue weighted by Crippen LogP contribution is 2.40. The number of nitrogens with zero attached hydrogens (tertiary/aromatic N) is 5. The molecular weight excluding hydrogens is 595 g/mol. The molecule has 1 saturated heterocycles. The van der Waals surface area contributed by atoms with Crippen molar-refractivity contribution in [2.45, 2.75) is 45.2 Å². The van der Waals surface area contributed by atoms with E-state index in [1.54, 1.807) is 25.5 Å². The molecular formula is C32H43N7O3S2. The minimum atomic E-state index is -3.42. The number of methoxy groups -OCH3 is 1. The Balaban J connectivity index is 1.50. The lowest BCUT2D eigenvalue weighted by Gasteiger charge is -2.37. The Kier molecular flexibility index (Phi) is 9.52. The summed E-state index contributed by atoms with van der Waals surface area (Å²) in [5, 5.41) is 9.09. The molecule has 0 saturated carbocycles. The fourth-order valence-corrected chi connectivity index (χ4v) is 7.05. The number of hydrogen-bond donors (Lipinski definition) is 2. The van der Waals surface area contributed by atoms with E-state index in [1.165, 1.54) is 10.6 Å². The summed E-state index contributed by atoms with van der Waals surface area (Å²) in [4.78, 5) is 14.5. The van der Waals surface area contributed by atoms with Crippen LogP contribution in [0.1, 0.15) is 37.9 Å². The van der Waals surface area contributed by atoms with Crippen molar-refractivity contribution < 1.29 is 13.2 Å². The van der Waals surface area contributed by atoms with Gasteiger partial charge < -0.3 is 25.2 Å². The minimum Gasteiger partial charge on any atom is -0.494 e. The van der Waals surface area contributed by atoms with E-state index in [-0.39, 0.29) is 6.04 Å². The molecule has 44 heavy (non-hydrogen) atoms. The number of piperidine rings is 1. The molecule has 2 aromatic carbocycles. The van der Waals surface area contributed by atoms with E-state index in [4.69, 9.17) is 14.7 Å². The minimum absolute atomic E-state index is 0.240. The SMILES string of the molecule is COc1cc(N2CCC(N(C)C)CC2)c(NC(C)C)cc1Nc1nc(Cc2ccccc2N(C)S(C)(=O)=O)c2sccc2n1. The third-order valence-corrected chi connectivity index (χ3v) is 10.2. The molecule has 3 heterocycles. The number of thiophene rings is 1. The van der Waals surface area contributed by atoms with Gasteiger partial charge in [0.25, 0.3) is 0 Å². The molecule has 12 heteroatoms. The number of ether oxygens (including phenoxy) is 1. The first-order chi connectivity index (χ1) is 20.9. The fourth-order valence-electron chi connectivity index (χ4n) is 5.69. The summed E-state index contributed by atoms with van der Waals surface area (Å²) >= 11 is 1.58. The zero-order valence-electron chi connectivity index (χ0n) is 26.6. The number of rotatable bonds is 11. The van der Waals surface area contributed by atoms with Gasteiger partial charge in [-0.2, -0.15) is 0 Å². The Morgan fingerprint density at radius 3 is 2.45 bits per heavy atom. The van der Waals surface area contributed by atoms with Crippen molar-refractivity contribution in [3.8, 4) is 5.75 Å². The van der Waals surface area contributed by atoms with Crippen molar-refractivity contribution in [1.82, 2.24) is 14.9 Å². The largest absolute Gasteiger partial charge is 0.494 e. The Labute approximate surface area is 265 Å². The van der Waals surface area contributed by atoms with Crippen LogP contribution in [0.3, 0.4) is 0 Å². The van der Waals surface area contributed by atoms with Gasteiger partial charge >= 0.3 is 0 Å². The van der Waals surface area contributed by atoms with Crippen LogP contribution in [-0.4, -0.2) is 83.0 Å². The number of hydrogen-bond acceptors (Lipinski definition) is 10. The van der Waals surface area contributed by atoms with Gasteiger partial charge in [0.15, 0.2) is 0 Å². The summed E-state index contributed by atoms with van der Waals surface area (Å²) in [5.74, 6) is 1.16. The average Bonchev–Trinajstić information content (AvgIpc) is 3.46. The molecule has 1 aliphatic rings. The van der Waals surface area contributed by atoms with E-state index in [1.807, 2.05) is 35.7 Å². The van der Waals surface area contributed by atoms with Crippen LogP contribution in [0.15, 0.2) is 47.8 Å². The molecule has 0 radical (unpaired) electrons. The van der Waals surface area contributed by atoms with Crippen LogP contribution < -0.4 is 24.6 Å². The van der Waals surface area contributed by atoms with Gasteiger partial charge in [0.2, 0.25) is 16.0 Å². The quantitative estimate of drug-likeness (QED) is 0.212. The molecule has 1 fully saturated rings. The number of nitrogens with one attached hydrogen (secondary N) is 2. The van der Waals surface area contributed by atoms with E-state index in [2.05, 4.69) is 60.5 Å². The van der Waals surface area contributed by atoms with Crippen LogP contribution in [0.2, 0.25) is 0 Å². The van der Waals surface area contributed by atoms with Crippen molar-refractivity contribution in [3.05, 3.63) is 59.1 Å². The average molecular weight is 638 g/mol. The van der Waals surface area contributed by atoms with Gasteiger partial charge in [-0.1, -0.05) is 18.2 Å². The third kappa shape index (κ3) is 7.03. The van der Waals surface area contributed by atoms with Gasteiger partial charge in [0.05, 0.1) is 52.0 Å². The van der Waals surface area contributed by atoms with Crippen molar-refractivity contribution in [2.75, 3.05) is 67.4 Å². The van der Waals surface area contributed by atoms with Crippen molar-refractivity contribution in [3.63, 3.8) is 0 Å². The van der Waals surface area contributed by atoms with Crippen LogP contribution in [0.5, 0.6) is 5.75 Å². The first-order valence-electron chi connectivity index (χ1n) is 14.9. The van der Waals surface area contributed by atoms with Crippen molar-refractivity contribution in [2.24, 2.45) is 0 Å². The lowest BCUT2D eigenvalue weighted by Crippen LogP contribution is -2.42. The molecule has 0 amide bonds. The molecule has 2 aromatic heterocycles. The molecule has 1 aliphatic heterocycles. The van der Waals surface area contributed by atoms with E-state index in [0.717, 1.165) is 64.5 Å². The Morgan fingerprint density at radius 2 is 1.80 bits per heavy atom. The third-order valence-electron chi connectivity index (χ3n) is 8.10. The second kappa shape index (κ2) is 13.2. The number of anilines is 5. The maximum Gasteiger partial charge on any atom is 0.232 e. The maximum absolute atomic E-state index is 12.4. The Hall–Kier alpha value is -3.61. The summed E-state index contributed by atoms with van der Waals surface area (Å²) in [7, 11) is 4.14. The van der Waals surface area contributed by atoms with E-state index >= 15 is 0 Å². The first-order valence-corrected chi connectivity index (χ1v) is 17.6. The molecule has 236 valence electrons. The molecule has 0 atom stereocenters. The lowest BCUT2D eigenvalue weighted by atomic mass is 10.0. The molecule has 0 aliphatic carbocycles. The Bertz CT molecular complexity index is 1710. The van der Waals surface area contributed by atoms with Gasteiger partial charge in [0, 0.05) is 44.7 Å². The van der Waals surface area contributed by atoms with Crippen LogP contribution >= 0.6 is 11.3 Å². The number of para-hydroxylation sites is 1. The van der Waals surface area contributed by atoms with E-state index in [0.29, 0.717) is 29.8 Å². The summed E-state index contributed by atoms with van der Waals surface area (Å²) < 4.78 is 32.9. The monoisotopic (exact) mass is 637 g/mol. The summed E-state index contributed by atoms with van der Waals surface area (Å²) in [5.41, 5.74) is 6.06. The second-order valence-corrected chi connectivity index (χ2v) is 14.8. The topological polar surface area (TPSA) is 103 Å². The number of fused-ring (bicyclic) bond motifs is 1. The highest BCUT2D eigenvalue weighted by Gasteiger charge is 2.25. The van der Waals surface area contributed by atoms with Crippen LogP contribution in [0.25, 0.3) is 10.2 Å². The predicted octanol–water partition coefficient (Wildman–Crippen LogP) is 5.78. The smallest absolute Gasteiger partial charge is 0.232 e. The number of aromatic nitrogens is 2. The standard InChI is InChI=1S/C32H43N7O3S2/c1-21(2)33-25-19-26(30(42-6)20-29(25)39-15-12-23(13-16-39)37(3)4)35-32-34-24-14-17-43-31(24)27(36-32)18-22-10-8-9-11-28(22)38(5)44(7,40)41/h8-11,14,17,19-21,23,33H,12-13,15-16,18H2,1-7H3,(H,34,35,36). The molecule has 5 rings (SSSR count). The zero-order chi connectivity index (χ0) is 31.6. The fraction of sp³-hybridized carbons (Fsp3) is 0.438. The summed E-state index contributed by atoms with van der Waals surface area (Å²) in [6.45, 7) is 6.22. The van der Waals surface area contributed by atoms with Crippen LogP contribution in [0.4, 0.5) is 28.7 Å². The van der Waals surface area contributed by atoms with Gasteiger partial charge in [0.1, 0.15) is 5.75 Å². The maximum atomic E-state index is 12.4. The van der Waals surface area contributed by atoms with Gasteiger partial charge in [-0.25, -0.2) is 18.4 Å². The molecule has 0 bridgehead atoms. The normalized spacial score (nSPS) is 14.4. The van der Waals surface area contributed by atoms with E-state index in [9.17, 15) is 8.42 Å². The molecule has 10 nitrogen and oxygen atoms in total. The second-order valence-electron chi connectivity index (χ2n) is 11.8. The van der Waals surface area contributed by atoms with Crippen LogP contribution in [0, 0.1) is 0 Å². The van der Waals surface area contributed by atoms with Crippen molar-refractivity contribution in [1.29, 1.82) is 0 Å². The molecule has 0 spiro atoms.